The van der Waals surface area contributed by atoms with E-state index in [0.717, 1.165) is 30.5 Å². The number of sulfone groups is 1. The molecule has 0 unspecified atom stereocenters. The summed E-state index contributed by atoms with van der Waals surface area (Å²) in [6.45, 7) is -3.37. The number of alkyl halides is 2. The summed E-state index contributed by atoms with van der Waals surface area (Å²) in [5.41, 5.74) is -0.115. The molecule has 118 valence electrons. The van der Waals surface area contributed by atoms with Crippen LogP contribution in [0.1, 0.15) is 15.8 Å². The lowest BCUT2D eigenvalue weighted by atomic mass is 10.0. The maximum absolute atomic E-state index is 11.6. The predicted molar refractivity (Wildman–Crippen MR) is 79.0 cm³/mol. The Hall–Kier alpha value is -0.860. The van der Waals surface area contributed by atoms with Gasteiger partial charge in [-0.25, -0.2) is 8.42 Å². The number of aliphatic hydroxyl groups is 2. The van der Waals surface area contributed by atoms with Gasteiger partial charge in [0.25, 0.3) is 5.91 Å². The molecule has 9 heteroatoms. The number of carbonyl (C=O) groups excluding carboxylic acids is 1. The molecule has 0 saturated heterocycles. The number of halogens is 2. The third-order valence-electron chi connectivity index (χ3n) is 2.47. The van der Waals surface area contributed by atoms with Crippen molar-refractivity contribution in [3.63, 3.8) is 0 Å². The molecule has 2 atom stereocenters. The number of nitrogens with one attached hydrogen (secondary N) is 1. The Morgan fingerprint density at radius 2 is 1.95 bits per heavy atom. The van der Waals surface area contributed by atoms with Gasteiger partial charge in [0, 0.05) is 6.26 Å². The Morgan fingerprint density at radius 1 is 1.43 bits per heavy atom. The maximum Gasteiger partial charge on any atom is 0.253 e. The summed E-state index contributed by atoms with van der Waals surface area (Å²) in [7, 11) is -3.50. The van der Waals surface area contributed by atoms with Gasteiger partial charge in [-0.3, -0.25) is 4.79 Å². The number of rotatable bonds is 6. The number of hydrogen-bond acceptors (Lipinski definition) is 5. The van der Waals surface area contributed by atoms with Crippen LogP contribution in [-0.2, 0) is 14.6 Å². The highest BCUT2D eigenvalue weighted by Gasteiger charge is 2.24. The van der Waals surface area contributed by atoms with E-state index in [4.69, 9.17) is 27.3 Å². The van der Waals surface area contributed by atoms with Crippen molar-refractivity contribution in [3.8, 4) is 0 Å². The normalized spacial score (nSPS) is 19.0. The molecule has 1 amide bonds. The molecule has 0 fully saturated rings. The lowest BCUT2D eigenvalue weighted by molar-refractivity contribution is -0.121. The Morgan fingerprint density at radius 3 is 2.33 bits per heavy atom. The van der Waals surface area contributed by atoms with Crippen LogP contribution >= 0.6 is 23.2 Å². The predicted octanol–water partition coefficient (Wildman–Crippen LogP) is 0.404. The van der Waals surface area contributed by atoms with E-state index in [2.05, 4.69) is 0 Å². The van der Waals surface area contributed by atoms with Crippen molar-refractivity contribution in [2.24, 2.45) is 0 Å². The van der Waals surface area contributed by atoms with Crippen LogP contribution in [0.5, 0.6) is 0 Å². The Labute approximate surface area is 136 Å². The molecule has 3 N–H and O–H groups in total. The molecule has 0 aromatic heterocycles. The molecule has 21 heavy (non-hydrogen) atoms. The fourth-order valence-corrected chi connectivity index (χ4v) is 2.15. The average Bonchev–Trinajstić information content (AvgIpc) is 2.44. The zero-order valence-corrected chi connectivity index (χ0v) is 13.1. The van der Waals surface area contributed by atoms with Crippen LogP contribution < -0.4 is 5.32 Å². The van der Waals surface area contributed by atoms with Crippen LogP contribution in [0.4, 0.5) is 0 Å². The van der Waals surface area contributed by atoms with E-state index >= 15 is 0 Å². The summed E-state index contributed by atoms with van der Waals surface area (Å²) in [6, 6.07) is 1.57. The van der Waals surface area contributed by atoms with Crippen molar-refractivity contribution < 1.29 is 27.5 Å². The summed E-state index contributed by atoms with van der Waals surface area (Å²) in [6.07, 6.45) is -1.08. The van der Waals surface area contributed by atoms with Crippen molar-refractivity contribution in [2.75, 3.05) is 12.8 Å². The first-order valence-corrected chi connectivity index (χ1v) is 8.27. The van der Waals surface area contributed by atoms with Crippen molar-refractivity contribution in [1.29, 1.82) is 0 Å². The van der Waals surface area contributed by atoms with E-state index < -0.39 is 39.3 Å². The fraction of sp³-hybridized carbons (Fsp3) is 0.417. The van der Waals surface area contributed by atoms with E-state index in [9.17, 15) is 23.4 Å². The summed E-state index contributed by atoms with van der Waals surface area (Å²) in [4.78, 5) is 9.84. The monoisotopic (exact) mass is 358 g/mol. The quantitative estimate of drug-likeness (QED) is 0.638. The summed E-state index contributed by atoms with van der Waals surface area (Å²) < 4.78 is 45.4. The second kappa shape index (κ2) is 7.42. The third kappa shape index (κ3) is 5.12. The molecule has 0 aliphatic heterocycles. The van der Waals surface area contributed by atoms with E-state index in [1.807, 2.05) is 0 Å². The molecule has 6 nitrogen and oxygen atoms in total. The van der Waals surface area contributed by atoms with Gasteiger partial charge in [-0.2, -0.15) is 0 Å². The van der Waals surface area contributed by atoms with Crippen LogP contribution in [0.15, 0.2) is 29.2 Å². The minimum atomic E-state index is -3.50. The Bertz CT molecular complexity index is 708. The number of hydrogen-bond donors (Lipinski definition) is 3. The molecular formula is C12H15Cl2NO5S. The fourth-order valence-electron chi connectivity index (χ4n) is 1.41. The lowest BCUT2D eigenvalue weighted by Crippen LogP contribution is -2.44. The van der Waals surface area contributed by atoms with E-state index in [0.29, 0.717) is 0 Å². The van der Waals surface area contributed by atoms with Gasteiger partial charge in [0.15, 0.2) is 14.7 Å². The summed E-state index contributed by atoms with van der Waals surface area (Å²) in [5, 5.41) is 21.6. The third-order valence-corrected chi connectivity index (χ3v) is 4.00. The molecule has 0 spiro atoms. The van der Waals surface area contributed by atoms with Crippen LogP contribution in [-0.4, -0.2) is 48.2 Å². The van der Waals surface area contributed by atoms with E-state index in [1.54, 1.807) is 5.32 Å². The smallest absolute Gasteiger partial charge is 0.253 e. The molecule has 0 aliphatic carbocycles. The summed E-state index contributed by atoms with van der Waals surface area (Å²) >= 11 is 10.6. The zero-order chi connectivity index (χ0) is 18.9. The minimum Gasteiger partial charge on any atom is -0.394 e. The van der Waals surface area contributed by atoms with Gasteiger partial charge < -0.3 is 15.5 Å². The highest BCUT2D eigenvalue weighted by molar-refractivity contribution is 7.90. The van der Waals surface area contributed by atoms with Gasteiger partial charge in [-0.05, 0) is 17.7 Å². The van der Waals surface area contributed by atoms with E-state index in [1.165, 1.54) is 0 Å². The molecule has 0 heterocycles. The number of benzene rings is 1. The largest absolute Gasteiger partial charge is 0.394 e. The van der Waals surface area contributed by atoms with Gasteiger partial charge in [-0.1, -0.05) is 35.3 Å². The van der Waals surface area contributed by atoms with Crippen molar-refractivity contribution in [3.05, 3.63) is 29.8 Å². The van der Waals surface area contributed by atoms with E-state index in [-0.39, 0.29) is 10.5 Å². The topological polar surface area (TPSA) is 104 Å². The maximum atomic E-state index is 11.6. The van der Waals surface area contributed by atoms with Crippen molar-refractivity contribution in [2.45, 2.75) is 21.9 Å². The molecule has 1 rings (SSSR count). The zero-order valence-electron chi connectivity index (χ0n) is 13.7. The Balaban J connectivity index is 3.26. The molecule has 1 aromatic rings. The first-order valence-electron chi connectivity index (χ1n) is 7.01. The van der Waals surface area contributed by atoms with Crippen LogP contribution in [0.3, 0.4) is 0 Å². The number of carbonyl (C=O) groups is 1. The SMILES string of the molecule is [2H]C([2H])(O)[C@]([2H])(NC(=O)C(Cl)Cl)[C@@H](O)c1ccc(S(C)(=O)=O)cc1. The highest BCUT2D eigenvalue weighted by atomic mass is 35.5. The van der Waals surface area contributed by atoms with Crippen molar-refractivity contribution in [1.82, 2.24) is 5.32 Å². The summed E-state index contributed by atoms with van der Waals surface area (Å²) in [5.74, 6) is -1.20. The number of aliphatic hydroxyl groups excluding tert-OH is 1. The molecular weight excluding hydrogens is 341 g/mol. The highest BCUT2D eigenvalue weighted by Crippen LogP contribution is 2.20. The van der Waals surface area contributed by atoms with Crippen LogP contribution in [0, 0.1) is 0 Å². The van der Waals surface area contributed by atoms with Gasteiger partial charge in [-0.15, -0.1) is 0 Å². The average molecular weight is 359 g/mol. The number of amides is 1. The van der Waals surface area contributed by atoms with Gasteiger partial charge >= 0.3 is 0 Å². The Kier molecular flexibility index (Phi) is 4.87. The first-order chi connectivity index (χ1) is 10.7. The van der Waals surface area contributed by atoms with Crippen molar-refractivity contribution >= 4 is 38.9 Å². The lowest BCUT2D eigenvalue weighted by Gasteiger charge is -2.23. The molecule has 0 saturated carbocycles. The molecule has 0 aliphatic rings. The second-order valence-corrected chi connectivity index (χ2v) is 7.17. The van der Waals surface area contributed by atoms with Crippen LogP contribution in [0.2, 0.25) is 0 Å². The molecule has 1 aromatic carbocycles. The molecule has 0 bridgehead atoms. The van der Waals surface area contributed by atoms with Gasteiger partial charge in [0.1, 0.15) is 6.10 Å². The molecule has 0 radical (unpaired) electrons. The minimum absolute atomic E-state index is 0.0633. The second-order valence-electron chi connectivity index (χ2n) is 4.06. The standard InChI is InChI=1S/C12H15Cl2NO5S/c1-21(19,20)8-4-2-7(3-5-8)10(17)9(6-16)15-12(18)11(13)14/h2-5,9-11,16-17H,6H2,1H3,(H,15,18)/t9-,10-/m0/s1/i6D2,9D. The first kappa shape index (κ1) is 13.8. The van der Waals surface area contributed by atoms with Gasteiger partial charge in [0.05, 0.1) is 21.6 Å². The van der Waals surface area contributed by atoms with Gasteiger partial charge in [0.2, 0.25) is 0 Å². The van der Waals surface area contributed by atoms with Crippen LogP contribution in [0.25, 0.3) is 0 Å².